The first-order valence-electron chi connectivity index (χ1n) is 8.12. The Hall–Kier alpha value is -3.34. The van der Waals surface area contributed by atoms with Gasteiger partial charge in [0.05, 0.1) is 19.9 Å². The van der Waals surface area contributed by atoms with Crippen molar-refractivity contribution in [3.05, 3.63) is 89.7 Å². The van der Waals surface area contributed by atoms with Crippen LogP contribution >= 0.6 is 0 Å². The van der Waals surface area contributed by atoms with Crippen molar-refractivity contribution in [2.75, 3.05) is 14.2 Å². The van der Waals surface area contributed by atoms with Crippen molar-refractivity contribution in [1.29, 1.82) is 0 Å². The van der Waals surface area contributed by atoms with E-state index in [1.165, 1.54) is 7.11 Å². The summed E-state index contributed by atoms with van der Waals surface area (Å²) in [4.78, 5) is 17.2. The van der Waals surface area contributed by atoms with Gasteiger partial charge in [0.2, 0.25) is 0 Å². The molecule has 0 amide bonds. The van der Waals surface area contributed by atoms with E-state index in [0.29, 0.717) is 22.8 Å². The zero-order valence-corrected chi connectivity index (χ0v) is 14.6. The molecule has 2 aromatic carbocycles. The molecule has 0 aliphatic carbocycles. The maximum atomic E-state index is 12.8. The lowest BCUT2D eigenvalue weighted by Crippen LogP contribution is -2.15. The second kappa shape index (κ2) is 8.16. The molecule has 3 aromatic rings. The molecule has 3 rings (SSSR count). The predicted octanol–water partition coefficient (Wildman–Crippen LogP) is 4.05. The Bertz CT molecular complexity index is 826. The second-order valence-corrected chi connectivity index (χ2v) is 5.52. The van der Waals surface area contributed by atoms with Crippen molar-refractivity contribution in [1.82, 2.24) is 4.98 Å². The van der Waals surface area contributed by atoms with E-state index in [9.17, 15) is 4.79 Å². The maximum absolute atomic E-state index is 12.8. The first kappa shape index (κ1) is 17.5. The van der Waals surface area contributed by atoms with Gasteiger partial charge in [0.1, 0.15) is 17.1 Å². The number of hydrogen-bond acceptors (Lipinski definition) is 5. The molecule has 132 valence electrons. The molecule has 1 aromatic heterocycles. The number of methoxy groups -OCH3 is 2. The van der Waals surface area contributed by atoms with Crippen molar-refractivity contribution in [3.63, 3.8) is 0 Å². The number of pyridine rings is 1. The summed E-state index contributed by atoms with van der Waals surface area (Å²) in [5.74, 6) is 0.494. The van der Waals surface area contributed by atoms with Gasteiger partial charge >= 0.3 is 5.97 Å². The number of benzene rings is 2. The summed E-state index contributed by atoms with van der Waals surface area (Å²) in [5.41, 5.74) is 1.82. The van der Waals surface area contributed by atoms with Crippen LogP contribution in [-0.4, -0.2) is 25.2 Å². The van der Waals surface area contributed by atoms with Crippen LogP contribution in [-0.2, 0) is 4.74 Å². The first-order valence-corrected chi connectivity index (χ1v) is 8.12. The predicted molar refractivity (Wildman–Crippen MR) is 97.5 cm³/mol. The minimum Gasteiger partial charge on any atom is -0.497 e. The summed E-state index contributed by atoms with van der Waals surface area (Å²) in [5, 5.41) is 0. The highest BCUT2D eigenvalue weighted by Gasteiger charge is 2.23. The van der Waals surface area contributed by atoms with E-state index in [1.807, 2.05) is 48.5 Å². The zero-order valence-electron chi connectivity index (χ0n) is 14.6. The van der Waals surface area contributed by atoms with E-state index >= 15 is 0 Å². The molecule has 1 atom stereocenters. The summed E-state index contributed by atoms with van der Waals surface area (Å²) in [6.07, 6.45) is 1.06. The highest BCUT2D eigenvalue weighted by atomic mass is 16.5. The van der Waals surface area contributed by atoms with Gasteiger partial charge in [-0.3, -0.25) is 4.98 Å². The van der Waals surface area contributed by atoms with Gasteiger partial charge in [-0.2, -0.15) is 0 Å². The van der Waals surface area contributed by atoms with E-state index in [-0.39, 0.29) is 0 Å². The molecule has 0 fully saturated rings. The summed E-state index contributed by atoms with van der Waals surface area (Å²) >= 11 is 0. The lowest BCUT2D eigenvalue weighted by molar-refractivity contribution is 0.0367. The molecule has 0 aliphatic heterocycles. The fourth-order valence-electron chi connectivity index (χ4n) is 2.60. The lowest BCUT2D eigenvalue weighted by Gasteiger charge is -2.19. The smallest absolute Gasteiger partial charge is 0.342 e. The quantitative estimate of drug-likeness (QED) is 0.629. The number of ether oxygens (including phenoxy) is 3. The van der Waals surface area contributed by atoms with Crippen molar-refractivity contribution < 1.29 is 19.0 Å². The van der Waals surface area contributed by atoms with Crippen molar-refractivity contribution >= 4 is 5.97 Å². The molecule has 0 saturated heterocycles. The van der Waals surface area contributed by atoms with Gasteiger partial charge in [0.15, 0.2) is 6.10 Å². The van der Waals surface area contributed by atoms with Crippen LogP contribution in [0, 0.1) is 0 Å². The molecule has 1 heterocycles. The fraction of sp³-hybridized carbons (Fsp3) is 0.143. The van der Waals surface area contributed by atoms with E-state index in [4.69, 9.17) is 14.2 Å². The molecule has 0 radical (unpaired) electrons. The van der Waals surface area contributed by atoms with E-state index in [1.54, 1.807) is 31.5 Å². The third-order valence-electron chi connectivity index (χ3n) is 3.91. The first-order chi connectivity index (χ1) is 12.7. The second-order valence-electron chi connectivity index (χ2n) is 5.52. The molecule has 5 nitrogen and oxygen atoms in total. The van der Waals surface area contributed by atoms with E-state index < -0.39 is 12.1 Å². The summed E-state index contributed by atoms with van der Waals surface area (Å²) in [7, 11) is 3.05. The molecule has 1 unspecified atom stereocenters. The molecule has 0 spiro atoms. The van der Waals surface area contributed by atoms with Gasteiger partial charge < -0.3 is 14.2 Å². The fourth-order valence-corrected chi connectivity index (χ4v) is 2.60. The van der Waals surface area contributed by atoms with Gasteiger partial charge in [-0.25, -0.2) is 4.79 Å². The van der Waals surface area contributed by atoms with Gasteiger partial charge in [-0.1, -0.05) is 36.4 Å². The highest BCUT2D eigenvalue weighted by Crippen LogP contribution is 2.29. The Morgan fingerprint density at radius 2 is 1.69 bits per heavy atom. The van der Waals surface area contributed by atoms with Gasteiger partial charge in [-0.15, -0.1) is 0 Å². The molecule has 0 N–H and O–H groups in total. The number of carbonyl (C=O) groups is 1. The normalized spacial score (nSPS) is 11.5. The monoisotopic (exact) mass is 349 g/mol. The molecule has 0 saturated carbocycles. The van der Waals surface area contributed by atoms with Crippen LogP contribution in [0.2, 0.25) is 0 Å². The Balaban J connectivity index is 1.94. The van der Waals surface area contributed by atoms with Gasteiger partial charge in [0, 0.05) is 12.3 Å². The van der Waals surface area contributed by atoms with Crippen LogP contribution in [0.5, 0.6) is 11.5 Å². The average molecular weight is 349 g/mol. The van der Waals surface area contributed by atoms with Crippen LogP contribution in [0.3, 0.4) is 0 Å². The van der Waals surface area contributed by atoms with E-state index in [2.05, 4.69) is 4.98 Å². The molecule has 26 heavy (non-hydrogen) atoms. The third-order valence-corrected chi connectivity index (χ3v) is 3.91. The van der Waals surface area contributed by atoms with Crippen LogP contribution in [0.4, 0.5) is 0 Å². The third kappa shape index (κ3) is 3.83. The Labute approximate surface area is 152 Å². The van der Waals surface area contributed by atoms with Gasteiger partial charge in [0.25, 0.3) is 0 Å². The number of rotatable bonds is 6. The van der Waals surface area contributed by atoms with Crippen molar-refractivity contribution in [3.8, 4) is 11.5 Å². The zero-order chi connectivity index (χ0) is 18.4. The lowest BCUT2D eigenvalue weighted by atomic mass is 10.1. The number of esters is 1. The van der Waals surface area contributed by atoms with Crippen molar-refractivity contribution in [2.24, 2.45) is 0 Å². The Morgan fingerprint density at radius 3 is 2.35 bits per heavy atom. The largest absolute Gasteiger partial charge is 0.497 e. The number of nitrogens with zero attached hydrogens (tertiary/aromatic N) is 1. The molecule has 5 heteroatoms. The average Bonchev–Trinajstić information content (AvgIpc) is 2.72. The Morgan fingerprint density at radius 1 is 0.923 bits per heavy atom. The Kier molecular flexibility index (Phi) is 5.49. The van der Waals surface area contributed by atoms with Crippen LogP contribution < -0.4 is 9.47 Å². The van der Waals surface area contributed by atoms with Crippen LogP contribution in [0.1, 0.15) is 27.7 Å². The minimum absolute atomic E-state index is 0.324. The minimum atomic E-state index is -0.614. The molecule has 0 bridgehead atoms. The number of aromatic nitrogens is 1. The summed E-state index contributed by atoms with van der Waals surface area (Å²) in [6, 6.07) is 20.0. The van der Waals surface area contributed by atoms with Crippen LogP contribution in [0.15, 0.2) is 72.9 Å². The molecular weight excluding hydrogens is 330 g/mol. The topological polar surface area (TPSA) is 57.7 Å². The number of carbonyl (C=O) groups excluding carboxylic acids is 1. The van der Waals surface area contributed by atoms with Crippen LogP contribution in [0.25, 0.3) is 0 Å². The van der Waals surface area contributed by atoms with Gasteiger partial charge in [-0.05, 0) is 29.8 Å². The summed E-state index contributed by atoms with van der Waals surface area (Å²) in [6.45, 7) is 0. The van der Waals surface area contributed by atoms with Crippen molar-refractivity contribution in [2.45, 2.75) is 6.10 Å². The van der Waals surface area contributed by atoms with E-state index in [0.717, 1.165) is 5.56 Å². The standard InChI is InChI=1S/C21H19NO4/c1-24-16-11-12-17(19(14-16)25-2)21(23)26-20(15-8-4-3-5-9-15)18-10-6-7-13-22-18/h3-14,20H,1-2H3. The SMILES string of the molecule is COc1ccc(C(=O)OC(c2ccccc2)c2ccccn2)c(OC)c1. The number of hydrogen-bond donors (Lipinski definition) is 0. The summed E-state index contributed by atoms with van der Waals surface area (Å²) < 4.78 is 16.3. The highest BCUT2D eigenvalue weighted by molar-refractivity contribution is 5.93. The molecule has 0 aliphatic rings. The molecular formula is C21H19NO4. The maximum Gasteiger partial charge on any atom is 0.342 e.